The highest BCUT2D eigenvalue weighted by atomic mass is 16.5. The largest absolute Gasteiger partial charge is 0.497 e. The van der Waals surface area contributed by atoms with Gasteiger partial charge in [0.1, 0.15) is 5.75 Å². The molecule has 1 N–H and O–H groups in total. The second-order valence-corrected chi connectivity index (χ2v) is 7.60. The van der Waals surface area contributed by atoms with Gasteiger partial charge in [0.15, 0.2) is 0 Å². The number of piperazine rings is 1. The average molecular weight is 387 g/mol. The summed E-state index contributed by atoms with van der Waals surface area (Å²) in [4.78, 5) is 40.4. The van der Waals surface area contributed by atoms with Gasteiger partial charge < -0.3 is 19.9 Å². The summed E-state index contributed by atoms with van der Waals surface area (Å²) in [6.45, 7) is 4.00. The molecule has 1 aliphatic carbocycles. The van der Waals surface area contributed by atoms with Crippen molar-refractivity contribution in [2.75, 3.05) is 38.6 Å². The van der Waals surface area contributed by atoms with Crippen molar-refractivity contribution in [1.82, 2.24) is 9.80 Å². The third-order valence-electron chi connectivity index (χ3n) is 5.84. The van der Waals surface area contributed by atoms with Crippen molar-refractivity contribution in [3.63, 3.8) is 0 Å². The van der Waals surface area contributed by atoms with Crippen LogP contribution < -0.4 is 10.1 Å². The highest BCUT2D eigenvalue weighted by Gasteiger charge is 2.33. The van der Waals surface area contributed by atoms with Crippen molar-refractivity contribution in [2.45, 2.75) is 32.6 Å². The molecule has 1 heterocycles. The Morgan fingerprint density at radius 3 is 1.96 bits per heavy atom. The Morgan fingerprint density at radius 2 is 1.43 bits per heavy atom. The summed E-state index contributed by atoms with van der Waals surface area (Å²) < 4.78 is 5.12. The number of ether oxygens (including phenoxy) is 1. The first-order valence-electron chi connectivity index (χ1n) is 9.97. The molecular weight excluding hydrogens is 358 g/mol. The zero-order valence-electron chi connectivity index (χ0n) is 16.6. The van der Waals surface area contributed by atoms with Crippen molar-refractivity contribution < 1.29 is 19.1 Å². The summed E-state index contributed by atoms with van der Waals surface area (Å²) in [5.74, 6) is 0.953. The van der Waals surface area contributed by atoms with Gasteiger partial charge in [0.05, 0.1) is 7.11 Å². The number of methoxy groups -OCH3 is 1. The van der Waals surface area contributed by atoms with E-state index in [0.29, 0.717) is 26.2 Å². The number of carbonyl (C=O) groups excluding carboxylic acids is 3. The summed E-state index contributed by atoms with van der Waals surface area (Å²) in [5.41, 5.74) is 0.757. The van der Waals surface area contributed by atoms with E-state index in [0.717, 1.165) is 37.1 Å². The molecule has 0 atom stereocenters. The first-order valence-corrected chi connectivity index (χ1v) is 9.97. The molecule has 1 aromatic rings. The predicted octanol–water partition coefficient (Wildman–Crippen LogP) is 2.13. The Balaban J connectivity index is 1.45. The van der Waals surface area contributed by atoms with E-state index < -0.39 is 0 Å². The zero-order valence-corrected chi connectivity index (χ0v) is 16.6. The number of carbonyl (C=O) groups is 3. The molecule has 3 rings (SSSR count). The number of amides is 3. The molecule has 0 unspecified atom stereocenters. The fraction of sp³-hybridized carbons (Fsp3) is 0.571. The minimum Gasteiger partial charge on any atom is -0.497 e. The van der Waals surface area contributed by atoms with Gasteiger partial charge >= 0.3 is 0 Å². The standard InChI is InChI=1S/C21H29N3O4/c1-15(25)23-11-13-24(14-12-23)21(27)17-5-3-16(4-6-17)20(26)22-18-7-9-19(28-2)10-8-18/h7-10,16-17H,3-6,11-14H2,1-2H3,(H,22,26). The summed E-state index contributed by atoms with van der Waals surface area (Å²) in [6.07, 6.45) is 2.94. The van der Waals surface area contributed by atoms with Gasteiger partial charge in [0.2, 0.25) is 17.7 Å². The number of anilines is 1. The van der Waals surface area contributed by atoms with E-state index in [2.05, 4.69) is 5.32 Å². The van der Waals surface area contributed by atoms with Crippen LogP contribution in [0.25, 0.3) is 0 Å². The molecule has 2 aliphatic rings. The van der Waals surface area contributed by atoms with E-state index in [-0.39, 0.29) is 29.6 Å². The summed E-state index contributed by atoms with van der Waals surface area (Å²) in [7, 11) is 1.61. The van der Waals surface area contributed by atoms with Gasteiger partial charge in [-0.15, -0.1) is 0 Å². The number of hydrogen-bond acceptors (Lipinski definition) is 4. The van der Waals surface area contributed by atoms with Crippen molar-refractivity contribution >= 4 is 23.4 Å². The molecule has 0 bridgehead atoms. The maximum Gasteiger partial charge on any atom is 0.227 e. The lowest BCUT2D eigenvalue weighted by atomic mass is 9.80. The molecule has 1 aliphatic heterocycles. The lowest BCUT2D eigenvalue weighted by Crippen LogP contribution is -2.51. The van der Waals surface area contributed by atoms with Crippen LogP contribution in [0.3, 0.4) is 0 Å². The second kappa shape index (κ2) is 9.08. The van der Waals surface area contributed by atoms with Crippen molar-refractivity contribution in [3.8, 4) is 5.75 Å². The molecule has 0 aromatic heterocycles. The van der Waals surface area contributed by atoms with Gasteiger partial charge in [-0.1, -0.05) is 0 Å². The van der Waals surface area contributed by atoms with Gasteiger partial charge in [-0.2, -0.15) is 0 Å². The van der Waals surface area contributed by atoms with E-state index in [9.17, 15) is 14.4 Å². The lowest BCUT2D eigenvalue weighted by Gasteiger charge is -2.37. The number of hydrogen-bond donors (Lipinski definition) is 1. The van der Waals surface area contributed by atoms with Crippen LogP contribution in [0.4, 0.5) is 5.69 Å². The third kappa shape index (κ3) is 4.82. The van der Waals surface area contributed by atoms with E-state index in [1.165, 1.54) is 0 Å². The van der Waals surface area contributed by atoms with Gasteiger partial charge in [0.25, 0.3) is 0 Å². The molecule has 7 nitrogen and oxygen atoms in total. The third-order valence-corrected chi connectivity index (χ3v) is 5.84. The van der Waals surface area contributed by atoms with Crippen molar-refractivity contribution in [3.05, 3.63) is 24.3 Å². The van der Waals surface area contributed by atoms with Crippen LogP contribution in [0.5, 0.6) is 5.75 Å². The van der Waals surface area contributed by atoms with Crippen LogP contribution in [0.1, 0.15) is 32.6 Å². The summed E-state index contributed by atoms with van der Waals surface area (Å²) in [5, 5.41) is 2.96. The first-order chi connectivity index (χ1) is 13.5. The first kappa shape index (κ1) is 20.2. The molecule has 7 heteroatoms. The molecule has 1 saturated heterocycles. The van der Waals surface area contributed by atoms with Gasteiger partial charge in [-0.05, 0) is 49.9 Å². The Kier molecular flexibility index (Phi) is 6.54. The topological polar surface area (TPSA) is 79.0 Å². The lowest BCUT2D eigenvalue weighted by molar-refractivity contribution is -0.142. The molecule has 0 spiro atoms. The SMILES string of the molecule is COc1ccc(NC(=O)C2CCC(C(=O)N3CCN(C(C)=O)CC3)CC2)cc1. The van der Waals surface area contributed by atoms with Gasteiger partial charge in [-0.3, -0.25) is 14.4 Å². The second-order valence-electron chi connectivity index (χ2n) is 7.60. The Morgan fingerprint density at radius 1 is 0.893 bits per heavy atom. The monoisotopic (exact) mass is 387 g/mol. The summed E-state index contributed by atoms with van der Waals surface area (Å²) in [6, 6.07) is 7.28. The fourth-order valence-electron chi connectivity index (χ4n) is 4.02. The average Bonchev–Trinajstić information content (AvgIpc) is 2.74. The quantitative estimate of drug-likeness (QED) is 0.858. The normalized spacial score (nSPS) is 22.5. The molecule has 3 amide bonds. The fourth-order valence-corrected chi connectivity index (χ4v) is 4.02. The number of rotatable bonds is 4. The van der Waals surface area contributed by atoms with E-state index in [1.54, 1.807) is 18.9 Å². The highest BCUT2D eigenvalue weighted by molar-refractivity contribution is 5.92. The van der Waals surface area contributed by atoms with Crippen LogP contribution >= 0.6 is 0 Å². The number of nitrogens with one attached hydrogen (secondary N) is 1. The zero-order chi connectivity index (χ0) is 20.1. The minimum atomic E-state index is -0.0549. The molecule has 2 fully saturated rings. The van der Waals surface area contributed by atoms with Gasteiger partial charge in [-0.25, -0.2) is 0 Å². The van der Waals surface area contributed by atoms with E-state index in [1.807, 2.05) is 29.2 Å². The maximum atomic E-state index is 12.8. The molecule has 1 saturated carbocycles. The molecule has 0 radical (unpaired) electrons. The number of nitrogens with zero attached hydrogens (tertiary/aromatic N) is 2. The van der Waals surface area contributed by atoms with Gasteiger partial charge in [0, 0.05) is 50.6 Å². The molecular formula is C21H29N3O4. The van der Waals surface area contributed by atoms with Crippen molar-refractivity contribution in [2.24, 2.45) is 11.8 Å². The van der Waals surface area contributed by atoms with E-state index >= 15 is 0 Å². The Hall–Kier alpha value is -2.57. The molecule has 28 heavy (non-hydrogen) atoms. The Bertz CT molecular complexity index is 703. The maximum absolute atomic E-state index is 12.8. The smallest absolute Gasteiger partial charge is 0.227 e. The van der Waals surface area contributed by atoms with Crippen molar-refractivity contribution in [1.29, 1.82) is 0 Å². The molecule has 1 aromatic carbocycles. The predicted molar refractivity (Wildman–Crippen MR) is 106 cm³/mol. The Labute approximate surface area is 166 Å². The number of benzene rings is 1. The van der Waals surface area contributed by atoms with Crippen LogP contribution in [0, 0.1) is 11.8 Å². The van der Waals surface area contributed by atoms with Crippen LogP contribution in [-0.4, -0.2) is 60.8 Å². The minimum absolute atomic E-state index is 0.00563. The summed E-state index contributed by atoms with van der Waals surface area (Å²) >= 11 is 0. The molecule has 152 valence electrons. The van der Waals surface area contributed by atoms with Crippen LogP contribution in [0.15, 0.2) is 24.3 Å². The highest BCUT2D eigenvalue weighted by Crippen LogP contribution is 2.31. The van der Waals surface area contributed by atoms with Crippen LogP contribution in [-0.2, 0) is 14.4 Å². The van der Waals surface area contributed by atoms with E-state index in [4.69, 9.17) is 4.74 Å². The van der Waals surface area contributed by atoms with Crippen LogP contribution in [0.2, 0.25) is 0 Å².